The molecule has 28 heavy (non-hydrogen) atoms. The van der Waals surface area contributed by atoms with Gasteiger partial charge in [-0.15, -0.1) is 0 Å². The average Bonchev–Trinajstić information content (AvgIpc) is 3.17. The van der Waals surface area contributed by atoms with Crippen LogP contribution in [0.25, 0.3) is 11.3 Å². The van der Waals surface area contributed by atoms with E-state index in [9.17, 15) is 8.42 Å². The third-order valence-corrected chi connectivity index (χ3v) is 6.64. The maximum Gasteiger partial charge on any atom is 0.243 e. The van der Waals surface area contributed by atoms with Gasteiger partial charge in [0.15, 0.2) is 5.76 Å². The van der Waals surface area contributed by atoms with Crippen molar-refractivity contribution in [3.05, 3.63) is 65.6 Å². The predicted molar refractivity (Wildman–Crippen MR) is 111 cm³/mol. The molecule has 3 rings (SSSR count). The number of oxazole rings is 1. The summed E-state index contributed by atoms with van der Waals surface area (Å²) in [6, 6.07) is 14.0. The zero-order valence-corrected chi connectivity index (χ0v) is 17.3. The van der Waals surface area contributed by atoms with Crippen LogP contribution in [-0.4, -0.2) is 30.8 Å². The van der Waals surface area contributed by atoms with E-state index in [2.05, 4.69) is 10.3 Å². The first-order valence-electron chi connectivity index (χ1n) is 8.98. The first-order chi connectivity index (χ1) is 13.4. The van der Waals surface area contributed by atoms with E-state index >= 15 is 0 Å². The molecule has 0 amide bonds. The Morgan fingerprint density at radius 1 is 1.04 bits per heavy atom. The first-order valence-corrected chi connectivity index (χ1v) is 10.8. The van der Waals surface area contributed by atoms with Crippen LogP contribution in [0.2, 0.25) is 5.02 Å². The van der Waals surface area contributed by atoms with E-state index in [1.165, 1.54) is 4.31 Å². The molecule has 3 aromatic rings. The van der Waals surface area contributed by atoms with Crippen LogP contribution in [0.1, 0.15) is 19.7 Å². The van der Waals surface area contributed by atoms with E-state index < -0.39 is 10.0 Å². The van der Waals surface area contributed by atoms with Crippen LogP contribution in [0.3, 0.4) is 0 Å². The van der Waals surface area contributed by atoms with Crippen LogP contribution in [0.5, 0.6) is 0 Å². The van der Waals surface area contributed by atoms with Gasteiger partial charge in [-0.05, 0) is 48.5 Å². The monoisotopic (exact) mass is 419 g/mol. The van der Waals surface area contributed by atoms with E-state index in [0.29, 0.717) is 36.3 Å². The van der Waals surface area contributed by atoms with Gasteiger partial charge < -0.3 is 9.73 Å². The molecule has 0 spiro atoms. The van der Waals surface area contributed by atoms with Gasteiger partial charge in [-0.1, -0.05) is 25.4 Å². The van der Waals surface area contributed by atoms with Crippen molar-refractivity contribution in [3.8, 4) is 11.3 Å². The van der Waals surface area contributed by atoms with Crippen LogP contribution >= 0.6 is 11.6 Å². The molecule has 0 saturated carbocycles. The Morgan fingerprint density at radius 3 is 2.29 bits per heavy atom. The van der Waals surface area contributed by atoms with E-state index in [1.54, 1.807) is 42.6 Å². The molecule has 0 saturated heterocycles. The number of halogens is 1. The number of rotatable bonds is 8. The number of anilines is 1. The Morgan fingerprint density at radius 2 is 1.68 bits per heavy atom. The van der Waals surface area contributed by atoms with Crippen LogP contribution in [0.15, 0.2) is 64.0 Å². The summed E-state index contributed by atoms with van der Waals surface area (Å²) in [5.74, 6) is 1.19. The van der Waals surface area contributed by atoms with E-state index in [0.717, 1.165) is 11.3 Å². The van der Waals surface area contributed by atoms with E-state index in [4.69, 9.17) is 16.0 Å². The highest BCUT2D eigenvalue weighted by atomic mass is 35.5. The Bertz CT molecular complexity index is 1010. The average molecular weight is 420 g/mol. The van der Waals surface area contributed by atoms with Gasteiger partial charge in [0.05, 0.1) is 17.6 Å². The Kier molecular flexibility index (Phi) is 6.39. The van der Waals surface area contributed by atoms with Gasteiger partial charge in [0.1, 0.15) is 0 Å². The standard InChI is InChI=1S/C20H22ClN3O3S/c1-3-24(4-2)28(25,26)18-11-9-17(10-12-18)22-14-20-23-13-19(27-20)15-5-7-16(21)8-6-15/h5-13,22H,3-4,14H2,1-2H3. The van der Waals surface area contributed by atoms with E-state index in [-0.39, 0.29) is 4.90 Å². The van der Waals surface area contributed by atoms with Crippen LogP contribution < -0.4 is 5.32 Å². The lowest BCUT2D eigenvalue weighted by Crippen LogP contribution is -2.30. The molecule has 0 atom stereocenters. The summed E-state index contributed by atoms with van der Waals surface area (Å²) in [5, 5.41) is 3.85. The molecule has 1 heterocycles. The summed E-state index contributed by atoms with van der Waals surface area (Å²) in [6.45, 7) is 4.92. The molecule has 0 radical (unpaired) electrons. The fourth-order valence-corrected chi connectivity index (χ4v) is 4.36. The van der Waals surface area contributed by atoms with Gasteiger partial charge >= 0.3 is 0 Å². The third-order valence-electron chi connectivity index (χ3n) is 4.32. The summed E-state index contributed by atoms with van der Waals surface area (Å²) < 4.78 is 32.2. The van der Waals surface area contributed by atoms with Gasteiger partial charge in [0, 0.05) is 29.4 Å². The molecule has 6 nitrogen and oxygen atoms in total. The zero-order valence-electron chi connectivity index (χ0n) is 15.7. The highest BCUT2D eigenvalue weighted by molar-refractivity contribution is 7.89. The quantitative estimate of drug-likeness (QED) is 0.575. The predicted octanol–water partition coefficient (Wildman–Crippen LogP) is 4.64. The molecule has 148 valence electrons. The van der Waals surface area contributed by atoms with Crippen molar-refractivity contribution in [2.75, 3.05) is 18.4 Å². The lowest BCUT2D eigenvalue weighted by Gasteiger charge is -2.18. The molecule has 0 bridgehead atoms. The van der Waals surface area contributed by atoms with Crippen molar-refractivity contribution in [1.82, 2.24) is 9.29 Å². The number of nitrogens with one attached hydrogen (secondary N) is 1. The maximum absolute atomic E-state index is 12.5. The largest absolute Gasteiger partial charge is 0.439 e. The summed E-state index contributed by atoms with van der Waals surface area (Å²) in [7, 11) is -3.45. The SMILES string of the molecule is CCN(CC)S(=O)(=O)c1ccc(NCc2ncc(-c3ccc(Cl)cc3)o2)cc1. The van der Waals surface area contributed by atoms with Crippen molar-refractivity contribution in [1.29, 1.82) is 0 Å². The fraction of sp³-hybridized carbons (Fsp3) is 0.250. The molecule has 0 aliphatic heterocycles. The highest BCUT2D eigenvalue weighted by Crippen LogP contribution is 2.23. The Balaban J connectivity index is 1.65. The summed E-state index contributed by atoms with van der Waals surface area (Å²) in [5.41, 5.74) is 1.68. The second-order valence-corrected chi connectivity index (χ2v) is 8.47. The number of sulfonamides is 1. The van der Waals surface area contributed by atoms with Crippen molar-refractivity contribution in [2.24, 2.45) is 0 Å². The normalized spacial score (nSPS) is 11.7. The maximum atomic E-state index is 12.5. The molecule has 0 fully saturated rings. The fourth-order valence-electron chi connectivity index (χ4n) is 2.77. The minimum Gasteiger partial charge on any atom is -0.439 e. The minimum atomic E-state index is -3.45. The number of nitrogens with zero attached hydrogens (tertiary/aromatic N) is 2. The lowest BCUT2D eigenvalue weighted by molar-refractivity contribution is 0.445. The van der Waals surface area contributed by atoms with E-state index in [1.807, 2.05) is 26.0 Å². The number of benzene rings is 2. The third kappa shape index (κ3) is 4.55. The molecule has 0 aliphatic rings. The molecule has 0 unspecified atom stereocenters. The van der Waals surface area contributed by atoms with Crippen molar-refractivity contribution < 1.29 is 12.8 Å². The zero-order chi connectivity index (χ0) is 20.1. The summed E-state index contributed by atoms with van der Waals surface area (Å²) >= 11 is 5.90. The van der Waals surface area contributed by atoms with Crippen molar-refractivity contribution in [3.63, 3.8) is 0 Å². The Labute approximate surface area is 170 Å². The van der Waals surface area contributed by atoms with Crippen LogP contribution in [-0.2, 0) is 16.6 Å². The topological polar surface area (TPSA) is 75.4 Å². The summed E-state index contributed by atoms with van der Waals surface area (Å²) in [4.78, 5) is 4.55. The molecule has 1 aromatic heterocycles. The number of hydrogen-bond donors (Lipinski definition) is 1. The van der Waals surface area contributed by atoms with Crippen molar-refractivity contribution in [2.45, 2.75) is 25.3 Å². The van der Waals surface area contributed by atoms with Crippen molar-refractivity contribution >= 4 is 27.3 Å². The van der Waals surface area contributed by atoms with Gasteiger partial charge in [0.25, 0.3) is 0 Å². The molecular weight excluding hydrogens is 398 g/mol. The van der Waals surface area contributed by atoms with Gasteiger partial charge in [-0.2, -0.15) is 4.31 Å². The first kappa shape index (κ1) is 20.4. The summed E-state index contributed by atoms with van der Waals surface area (Å²) in [6.07, 6.45) is 1.67. The molecule has 0 aliphatic carbocycles. The van der Waals surface area contributed by atoms with Crippen LogP contribution in [0.4, 0.5) is 5.69 Å². The molecule has 2 aromatic carbocycles. The second-order valence-electron chi connectivity index (χ2n) is 6.09. The minimum absolute atomic E-state index is 0.280. The molecule has 8 heteroatoms. The highest BCUT2D eigenvalue weighted by Gasteiger charge is 2.21. The lowest BCUT2D eigenvalue weighted by atomic mass is 10.2. The number of aromatic nitrogens is 1. The smallest absolute Gasteiger partial charge is 0.243 e. The van der Waals surface area contributed by atoms with Gasteiger partial charge in [0.2, 0.25) is 15.9 Å². The van der Waals surface area contributed by atoms with Gasteiger partial charge in [-0.25, -0.2) is 13.4 Å². The van der Waals surface area contributed by atoms with Crippen LogP contribution in [0, 0.1) is 0 Å². The Hall–Kier alpha value is -2.35. The molecule has 1 N–H and O–H groups in total. The molecular formula is C20H22ClN3O3S. The second kappa shape index (κ2) is 8.77. The number of hydrogen-bond acceptors (Lipinski definition) is 5. The van der Waals surface area contributed by atoms with Gasteiger partial charge in [-0.3, -0.25) is 0 Å².